The lowest BCUT2D eigenvalue weighted by Gasteiger charge is -2.52. The molecule has 1 heterocycles. The molecule has 1 spiro atoms. The number of hydrogen-bond acceptors (Lipinski definition) is 2. The number of fused-ring (bicyclic) bond motifs is 1. The molecule has 1 saturated heterocycles. The van der Waals surface area contributed by atoms with Crippen molar-refractivity contribution in [2.45, 2.75) is 57.5 Å². The van der Waals surface area contributed by atoms with E-state index in [2.05, 4.69) is 29.6 Å². The van der Waals surface area contributed by atoms with Crippen LogP contribution in [0.3, 0.4) is 0 Å². The van der Waals surface area contributed by atoms with Crippen LogP contribution in [0, 0.1) is 0 Å². The van der Waals surface area contributed by atoms with E-state index in [1.807, 2.05) is 34.9 Å². The highest BCUT2D eigenvalue weighted by molar-refractivity contribution is 5.86. The molecule has 0 bridgehead atoms. The summed E-state index contributed by atoms with van der Waals surface area (Å²) in [4.78, 5) is 29.3. The molecule has 1 N–H and O–H groups in total. The lowest BCUT2D eigenvalue weighted by molar-refractivity contribution is -0.141. The fourth-order valence-corrected chi connectivity index (χ4v) is 5.26. The summed E-state index contributed by atoms with van der Waals surface area (Å²) in [6.07, 6.45) is 5.47. The summed E-state index contributed by atoms with van der Waals surface area (Å²) in [5, 5.41) is 5.56. The number of nitrogens with one attached hydrogen (secondary N) is 1. The largest absolute Gasteiger partial charge is 0.334 e. The highest BCUT2D eigenvalue weighted by Gasteiger charge is 2.44. The summed E-state index contributed by atoms with van der Waals surface area (Å²) in [7, 11) is 0. The number of hydrogen-bond donors (Lipinski definition) is 1. The Bertz CT molecular complexity index is 899. The SMILES string of the molecule is CC(=O)N1CCN(C(=O)NC(C)c2cccc3ccccc23)CC12CCCCC2. The van der Waals surface area contributed by atoms with Crippen molar-refractivity contribution in [1.29, 1.82) is 0 Å². The highest BCUT2D eigenvalue weighted by atomic mass is 16.2. The summed E-state index contributed by atoms with van der Waals surface area (Å²) in [5.41, 5.74) is 0.953. The number of amides is 3. The molecule has 1 saturated carbocycles. The van der Waals surface area contributed by atoms with Gasteiger partial charge in [-0.2, -0.15) is 0 Å². The molecule has 5 heteroatoms. The average Bonchev–Trinajstić information content (AvgIpc) is 2.73. The molecule has 0 radical (unpaired) electrons. The molecule has 1 aliphatic heterocycles. The van der Waals surface area contributed by atoms with E-state index in [1.165, 1.54) is 17.2 Å². The predicted octanol–water partition coefficient (Wildman–Crippen LogP) is 4.48. The van der Waals surface area contributed by atoms with Gasteiger partial charge >= 0.3 is 6.03 Å². The molecule has 4 rings (SSSR count). The van der Waals surface area contributed by atoms with Gasteiger partial charge < -0.3 is 15.1 Å². The van der Waals surface area contributed by atoms with Crippen LogP contribution in [-0.2, 0) is 4.79 Å². The number of nitrogens with zero attached hydrogens (tertiary/aromatic N) is 2. The number of carbonyl (C=O) groups is 2. The molecule has 2 aromatic rings. The first-order chi connectivity index (χ1) is 14.0. The van der Waals surface area contributed by atoms with E-state index in [1.54, 1.807) is 6.92 Å². The van der Waals surface area contributed by atoms with Gasteiger partial charge in [-0.3, -0.25) is 4.79 Å². The van der Waals surface area contributed by atoms with E-state index in [0.717, 1.165) is 31.2 Å². The topological polar surface area (TPSA) is 52.7 Å². The van der Waals surface area contributed by atoms with Gasteiger partial charge in [0.2, 0.25) is 5.91 Å². The molecule has 154 valence electrons. The molecule has 29 heavy (non-hydrogen) atoms. The lowest BCUT2D eigenvalue weighted by Crippen LogP contribution is -2.66. The van der Waals surface area contributed by atoms with Crippen LogP contribution in [-0.4, -0.2) is 46.9 Å². The van der Waals surface area contributed by atoms with Gasteiger partial charge in [0, 0.05) is 26.6 Å². The highest BCUT2D eigenvalue weighted by Crippen LogP contribution is 2.37. The number of carbonyl (C=O) groups excluding carboxylic acids is 2. The maximum absolute atomic E-state index is 13.1. The number of piperazine rings is 1. The van der Waals surface area contributed by atoms with Gasteiger partial charge in [-0.05, 0) is 36.1 Å². The summed E-state index contributed by atoms with van der Waals surface area (Å²) in [6.45, 7) is 5.57. The molecule has 2 aromatic carbocycles. The Morgan fingerprint density at radius 1 is 1.00 bits per heavy atom. The van der Waals surface area contributed by atoms with Crippen LogP contribution in [0.15, 0.2) is 42.5 Å². The zero-order valence-corrected chi connectivity index (χ0v) is 17.5. The Hall–Kier alpha value is -2.56. The standard InChI is InChI=1S/C24H31N3O2/c1-18(21-12-8-10-20-9-4-5-11-22(20)21)25-23(29)26-15-16-27(19(2)28)24(17-26)13-6-3-7-14-24/h4-5,8-12,18H,3,6-7,13-17H2,1-2H3,(H,25,29). The van der Waals surface area contributed by atoms with Gasteiger partial charge in [0.25, 0.3) is 0 Å². The van der Waals surface area contributed by atoms with E-state index in [-0.39, 0.29) is 23.5 Å². The second kappa shape index (κ2) is 8.05. The third-order valence-corrected chi connectivity index (χ3v) is 6.73. The smallest absolute Gasteiger partial charge is 0.318 e. The van der Waals surface area contributed by atoms with Crippen molar-refractivity contribution in [3.8, 4) is 0 Å². The zero-order valence-electron chi connectivity index (χ0n) is 17.5. The van der Waals surface area contributed by atoms with Gasteiger partial charge in [-0.15, -0.1) is 0 Å². The molecule has 1 aliphatic carbocycles. The Kier molecular flexibility index (Phi) is 5.48. The van der Waals surface area contributed by atoms with Crippen LogP contribution in [0.2, 0.25) is 0 Å². The van der Waals surface area contributed by atoms with Crippen LogP contribution >= 0.6 is 0 Å². The summed E-state index contributed by atoms with van der Waals surface area (Å²) in [6, 6.07) is 14.4. The number of rotatable bonds is 2. The molecule has 0 aromatic heterocycles. The van der Waals surface area contributed by atoms with E-state index in [0.29, 0.717) is 19.6 Å². The Morgan fingerprint density at radius 2 is 1.72 bits per heavy atom. The van der Waals surface area contributed by atoms with Gasteiger partial charge in [-0.1, -0.05) is 61.7 Å². The fraction of sp³-hybridized carbons (Fsp3) is 0.500. The fourth-order valence-electron chi connectivity index (χ4n) is 5.26. The van der Waals surface area contributed by atoms with Crippen LogP contribution in [0.1, 0.15) is 57.6 Å². The minimum Gasteiger partial charge on any atom is -0.334 e. The summed E-state index contributed by atoms with van der Waals surface area (Å²) in [5.74, 6) is 0.135. The second-order valence-electron chi connectivity index (χ2n) is 8.62. The molecular formula is C24H31N3O2. The first-order valence-corrected chi connectivity index (χ1v) is 10.8. The van der Waals surface area contributed by atoms with Crippen molar-refractivity contribution in [2.75, 3.05) is 19.6 Å². The first-order valence-electron chi connectivity index (χ1n) is 10.8. The van der Waals surface area contributed by atoms with Gasteiger partial charge in [0.1, 0.15) is 0 Å². The third-order valence-electron chi connectivity index (χ3n) is 6.73. The van der Waals surface area contributed by atoms with Crippen LogP contribution in [0.25, 0.3) is 10.8 Å². The van der Waals surface area contributed by atoms with Crippen molar-refractivity contribution < 1.29 is 9.59 Å². The van der Waals surface area contributed by atoms with Crippen molar-refractivity contribution in [1.82, 2.24) is 15.1 Å². The molecular weight excluding hydrogens is 362 g/mol. The van der Waals surface area contributed by atoms with E-state index in [9.17, 15) is 9.59 Å². The number of benzene rings is 2. The van der Waals surface area contributed by atoms with Gasteiger partial charge in [0.15, 0.2) is 0 Å². The minimum atomic E-state index is -0.178. The maximum Gasteiger partial charge on any atom is 0.318 e. The van der Waals surface area contributed by atoms with E-state index < -0.39 is 0 Å². The Balaban J connectivity index is 1.50. The quantitative estimate of drug-likeness (QED) is 0.818. The van der Waals surface area contributed by atoms with Crippen molar-refractivity contribution >= 4 is 22.7 Å². The molecule has 2 aliphatic rings. The van der Waals surface area contributed by atoms with Crippen molar-refractivity contribution in [3.05, 3.63) is 48.0 Å². The third kappa shape index (κ3) is 3.83. The first kappa shape index (κ1) is 19.7. The van der Waals surface area contributed by atoms with E-state index in [4.69, 9.17) is 0 Å². The van der Waals surface area contributed by atoms with Gasteiger partial charge in [-0.25, -0.2) is 4.79 Å². The normalized spacial score (nSPS) is 19.9. The Labute approximate surface area is 173 Å². The van der Waals surface area contributed by atoms with Crippen molar-refractivity contribution in [2.24, 2.45) is 0 Å². The van der Waals surface area contributed by atoms with Gasteiger partial charge in [0.05, 0.1) is 11.6 Å². The predicted molar refractivity (Wildman–Crippen MR) is 116 cm³/mol. The minimum absolute atomic E-state index is 0.0291. The molecule has 3 amide bonds. The van der Waals surface area contributed by atoms with E-state index >= 15 is 0 Å². The summed E-state index contributed by atoms with van der Waals surface area (Å²) >= 11 is 0. The monoisotopic (exact) mass is 393 g/mol. The lowest BCUT2D eigenvalue weighted by atomic mass is 9.78. The average molecular weight is 394 g/mol. The molecule has 1 atom stereocenters. The second-order valence-corrected chi connectivity index (χ2v) is 8.62. The molecule has 5 nitrogen and oxygen atoms in total. The van der Waals surface area contributed by atoms with Crippen LogP contribution in [0.4, 0.5) is 4.79 Å². The number of urea groups is 1. The Morgan fingerprint density at radius 3 is 2.48 bits per heavy atom. The molecule has 1 unspecified atom stereocenters. The van der Waals surface area contributed by atoms with Crippen LogP contribution in [0.5, 0.6) is 0 Å². The van der Waals surface area contributed by atoms with Crippen molar-refractivity contribution in [3.63, 3.8) is 0 Å². The summed E-state index contributed by atoms with van der Waals surface area (Å²) < 4.78 is 0. The zero-order chi connectivity index (χ0) is 20.4. The molecule has 2 fully saturated rings. The maximum atomic E-state index is 13.1. The van der Waals surface area contributed by atoms with Crippen LogP contribution < -0.4 is 5.32 Å².